The Morgan fingerprint density at radius 3 is 2.37 bits per heavy atom. The Balaban J connectivity index is 1.77. The van der Waals surface area contributed by atoms with E-state index in [-0.39, 0.29) is 10.6 Å². The van der Waals surface area contributed by atoms with E-state index in [0.29, 0.717) is 31.0 Å². The molecule has 0 spiro atoms. The van der Waals surface area contributed by atoms with Gasteiger partial charge < -0.3 is 10.1 Å². The van der Waals surface area contributed by atoms with Gasteiger partial charge in [0.2, 0.25) is 0 Å². The Morgan fingerprint density at radius 2 is 1.74 bits per heavy atom. The number of rotatable bonds is 7. The molecule has 0 aromatic heterocycles. The van der Waals surface area contributed by atoms with Crippen LogP contribution in [-0.4, -0.2) is 25.0 Å². The summed E-state index contributed by atoms with van der Waals surface area (Å²) in [5, 5.41) is 2.34. The molecule has 4 nitrogen and oxygen atoms in total. The predicted molar refractivity (Wildman–Crippen MR) is 98.9 cm³/mol. The number of amides is 1. The van der Waals surface area contributed by atoms with E-state index in [4.69, 9.17) is 16.3 Å². The van der Waals surface area contributed by atoms with E-state index >= 15 is 0 Å². The topological polar surface area (TPSA) is 55.4 Å². The van der Waals surface area contributed by atoms with Crippen molar-refractivity contribution < 1.29 is 23.1 Å². The van der Waals surface area contributed by atoms with Gasteiger partial charge in [0.05, 0.1) is 10.6 Å². The van der Waals surface area contributed by atoms with Gasteiger partial charge in [-0.2, -0.15) is 0 Å². The summed E-state index contributed by atoms with van der Waals surface area (Å²) >= 11 is 5.69. The normalized spacial score (nSPS) is 10.7. The summed E-state index contributed by atoms with van der Waals surface area (Å²) in [6.07, 6.45) is 0.632. The number of hydrogen-bond acceptors (Lipinski definition) is 3. The molecule has 0 bridgehead atoms. The van der Waals surface area contributed by atoms with E-state index in [1.165, 1.54) is 5.56 Å². The molecule has 1 N–H and O–H groups in total. The SMILES string of the molecule is CC(C)c1ccc(CCNC(=O)COC(=O)c2cc(F)c(F)cc2Cl)cc1. The van der Waals surface area contributed by atoms with Crippen molar-refractivity contribution >= 4 is 23.5 Å². The molecule has 0 saturated heterocycles. The maximum absolute atomic E-state index is 13.2. The van der Waals surface area contributed by atoms with E-state index in [0.717, 1.165) is 5.56 Å². The van der Waals surface area contributed by atoms with Crippen LogP contribution in [0.3, 0.4) is 0 Å². The first-order valence-corrected chi connectivity index (χ1v) is 8.83. The molecule has 0 atom stereocenters. The molecular formula is C20H20ClF2NO3. The zero-order valence-electron chi connectivity index (χ0n) is 15.0. The van der Waals surface area contributed by atoms with E-state index in [1.54, 1.807) is 0 Å². The van der Waals surface area contributed by atoms with Gasteiger partial charge >= 0.3 is 5.97 Å². The molecule has 2 rings (SSSR count). The monoisotopic (exact) mass is 395 g/mol. The van der Waals surface area contributed by atoms with E-state index in [9.17, 15) is 18.4 Å². The Hall–Kier alpha value is -2.47. The maximum Gasteiger partial charge on any atom is 0.340 e. The lowest BCUT2D eigenvalue weighted by Gasteiger charge is -2.09. The third-order valence-electron chi connectivity index (χ3n) is 3.95. The summed E-state index contributed by atoms with van der Waals surface area (Å²) in [5.41, 5.74) is 1.98. The molecule has 0 aliphatic carbocycles. The van der Waals surface area contributed by atoms with Crippen molar-refractivity contribution in [2.75, 3.05) is 13.2 Å². The van der Waals surface area contributed by atoms with Gasteiger partial charge in [-0.15, -0.1) is 0 Å². The van der Waals surface area contributed by atoms with Gasteiger partial charge in [0.15, 0.2) is 18.2 Å². The molecule has 27 heavy (non-hydrogen) atoms. The summed E-state index contributed by atoms with van der Waals surface area (Å²) in [6, 6.07) is 9.43. The van der Waals surface area contributed by atoms with Crippen molar-refractivity contribution in [1.82, 2.24) is 5.32 Å². The highest BCUT2D eigenvalue weighted by Crippen LogP contribution is 2.20. The molecule has 0 radical (unpaired) electrons. The van der Waals surface area contributed by atoms with Gasteiger partial charge in [0, 0.05) is 6.54 Å². The van der Waals surface area contributed by atoms with Crippen molar-refractivity contribution in [1.29, 1.82) is 0 Å². The van der Waals surface area contributed by atoms with Crippen LogP contribution in [0.15, 0.2) is 36.4 Å². The fourth-order valence-electron chi connectivity index (χ4n) is 2.35. The van der Waals surface area contributed by atoms with Crippen molar-refractivity contribution in [2.45, 2.75) is 26.2 Å². The van der Waals surface area contributed by atoms with Gasteiger partial charge in [-0.25, -0.2) is 13.6 Å². The van der Waals surface area contributed by atoms with Gasteiger partial charge in [-0.3, -0.25) is 4.79 Å². The van der Waals surface area contributed by atoms with Crippen LogP contribution in [0.5, 0.6) is 0 Å². The third-order valence-corrected chi connectivity index (χ3v) is 4.26. The maximum atomic E-state index is 13.2. The molecule has 7 heteroatoms. The number of nitrogens with one attached hydrogen (secondary N) is 1. The number of carbonyl (C=O) groups excluding carboxylic acids is 2. The van der Waals surface area contributed by atoms with Crippen LogP contribution in [0.4, 0.5) is 8.78 Å². The first-order valence-electron chi connectivity index (χ1n) is 8.45. The van der Waals surface area contributed by atoms with Crippen molar-refractivity contribution in [3.8, 4) is 0 Å². The number of esters is 1. The van der Waals surface area contributed by atoms with Crippen LogP contribution < -0.4 is 5.32 Å². The minimum absolute atomic E-state index is 0.288. The minimum Gasteiger partial charge on any atom is -0.452 e. The second-order valence-corrected chi connectivity index (χ2v) is 6.73. The van der Waals surface area contributed by atoms with Gasteiger partial charge in [0.1, 0.15) is 0 Å². The summed E-state index contributed by atoms with van der Waals surface area (Å²) in [4.78, 5) is 23.6. The van der Waals surface area contributed by atoms with E-state index < -0.39 is 30.1 Å². The molecule has 0 fully saturated rings. The highest BCUT2D eigenvalue weighted by molar-refractivity contribution is 6.33. The lowest BCUT2D eigenvalue weighted by atomic mass is 10.0. The van der Waals surface area contributed by atoms with Crippen molar-refractivity contribution in [3.05, 3.63) is 69.7 Å². The fourth-order valence-corrected chi connectivity index (χ4v) is 2.58. The Morgan fingerprint density at radius 1 is 1.11 bits per heavy atom. The molecule has 1 amide bonds. The molecule has 0 unspecified atom stereocenters. The zero-order chi connectivity index (χ0) is 20.0. The summed E-state index contributed by atoms with van der Waals surface area (Å²) in [6.45, 7) is 4.07. The highest BCUT2D eigenvalue weighted by Gasteiger charge is 2.17. The van der Waals surface area contributed by atoms with Crippen LogP contribution in [-0.2, 0) is 16.0 Å². The van der Waals surface area contributed by atoms with Gasteiger partial charge in [-0.1, -0.05) is 49.7 Å². The van der Waals surface area contributed by atoms with E-state index in [1.807, 2.05) is 12.1 Å². The first-order chi connectivity index (χ1) is 12.8. The number of ether oxygens (including phenoxy) is 1. The van der Waals surface area contributed by atoms with Gasteiger partial charge in [-0.05, 0) is 35.6 Å². The zero-order valence-corrected chi connectivity index (χ0v) is 15.8. The van der Waals surface area contributed by atoms with Crippen molar-refractivity contribution in [3.63, 3.8) is 0 Å². The summed E-state index contributed by atoms with van der Waals surface area (Å²) in [7, 11) is 0. The van der Waals surface area contributed by atoms with Crippen LogP contribution >= 0.6 is 11.6 Å². The molecular weight excluding hydrogens is 376 g/mol. The van der Waals surface area contributed by atoms with Crippen LogP contribution in [0.2, 0.25) is 5.02 Å². The number of halogens is 3. The molecule has 0 saturated carbocycles. The Bertz CT molecular complexity index is 823. The minimum atomic E-state index is -1.22. The predicted octanol–water partition coefficient (Wildman–Crippen LogP) is 4.26. The third kappa shape index (κ3) is 6.03. The lowest BCUT2D eigenvalue weighted by Crippen LogP contribution is -2.30. The quantitative estimate of drug-likeness (QED) is 0.563. The summed E-state index contributed by atoms with van der Waals surface area (Å²) in [5.74, 6) is -3.44. The molecule has 0 aliphatic heterocycles. The average Bonchev–Trinajstić information content (AvgIpc) is 2.63. The smallest absolute Gasteiger partial charge is 0.340 e. The molecule has 0 heterocycles. The first kappa shape index (κ1) is 20.8. The van der Waals surface area contributed by atoms with Crippen molar-refractivity contribution in [2.24, 2.45) is 0 Å². The largest absolute Gasteiger partial charge is 0.452 e. The standard InChI is InChI=1S/C20H20ClF2NO3/c1-12(2)14-5-3-13(4-6-14)7-8-24-19(25)11-27-20(26)15-9-17(22)18(23)10-16(15)21/h3-6,9-10,12H,7-8,11H2,1-2H3,(H,24,25). The molecule has 2 aromatic carbocycles. The fraction of sp³-hybridized carbons (Fsp3) is 0.300. The lowest BCUT2D eigenvalue weighted by molar-refractivity contribution is -0.124. The Kier molecular flexibility index (Phi) is 7.30. The second-order valence-electron chi connectivity index (χ2n) is 6.32. The number of carbonyl (C=O) groups is 2. The second kappa shape index (κ2) is 9.46. The Labute approximate surface area is 161 Å². The summed E-state index contributed by atoms with van der Waals surface area (Å²) < 4.78 is 31.0. The number of benzene rings is 2. The molecule has 2 aromatic rings. The van der Waals surface area contributed by atoms with Crippen LogP contribution in [0, 0.1) is 11.6 Å². The van der Waals surface area contributed by atoms with Crippen LogP contribution in [0.25, 0.3) is 0 Å². The van der Waals surface area contributed by atoms with Gasteiger partial charge in [0.25, 0.3) is 5.91 Å². The van der Waals surface area contributed by atoms with Crippen LogP contribution in [0.1, 0.15) is 41.3 Å². The van der Waals surface area contributed by atoms with E-state index in [2.05, 4.69) is 31.3 Å². The number of hydrogen-bond donors (Lipinski definition) is 1. The average molecular weight is 396 g/mol. The molecule has 0 aliphatic rings. The highest BCUT2D eigenvalue weighted by atomic mass is 35.5. The molecule has 144 valence electrons.